The average molecular weight is 389 g/mol. The van der Waals surface area contributed by atoms with Crippen molar-refractivity contribution in [1.29, 1.82) is 0 Å². The van der Waals surface area contributed by atoms with Crippen LogP contribution in [0.1, 0.15) is 28.8 Å². The third-order valence-electron chi connectivity index (χ3n) is 4.29. The van der Waals surface area contributed by atoms with Crippen LogP contribution in [0.3, 0.4) is 0 Å². The number of rotatable bonds is 6. The molecule has 0 aliphatic rings. The number of thiophene rings is 1. The van der Waals surface area contributed by atoms with Gasteiger partial charge in [0.2, 0.25) is 0 Å². The lowest BCUT2D eigenvalue weighted by Gasteiger charge is -2.06. The lowest BCUT2D eigenvalue weighted by Crippen LogP contribution is -2.09. The van der Waals surface area contributed by atoms with E-state index >= 15 is 0 Å². The minimum atomic E-state index is -0.811. The molecule has 3 rings (SSSR count). The maximum absolute atomic E-state index is 12.7. The van der Waals surface area contributed by atoms with Gasteiger partial charge >= 0.3 is 5.97 Å². The topological polar surface area (TPSA) is 83.0 Å². The third-order valence-corrected chi connectivity index (χ3v) is 6.24. The van der Waals surface area contributed by atoms with E-state index in [-0.39, 0.29) is 12.0 Å². The Morgan fingerprint density at radius 2 is 2.04 bits per heavy atom. The number of carbonyl (C=O) groups is 1. The van der Waals surface area contributed by atoms with Gasteiger partial charge in [0.1, 0.15) is 4.83 Å². The van der Waals surface area contributed by atoms with Crippen LogP contribution in [0.4, 0.5) is 0 Å². The summed E-state index contributed by atoms with van der Waals surface area (Å²) >= 11 is 2.90. The lowest BCUT2D eigenvalue weighted by atomic mass is 9.99. The number of aliphatic carboxylic acids is 1. The molecule has 2 heterocycles. The molecule has 3 aromatic rings. The van der Waals surface area contributed by atoms with Crippen molar-refractivity contribution >= 4 is 39.3 Å². The number of H-pyrrole nitrogens is 1. The number of aromatic amines is 1. The summed E-state index contributed by atoms with van der Waals surface area (Å²) in [5.41, 5.74) is 4.25. The maximum atomic E-state index is 12.7. The van der Waals surface area contributed by atoms with E-state index in [1.165, 1.54) is 34.2 Å². The van der Waals surface area contributed by atoms with Gasteiger partial charge in [0, 0.05) is 22.6 Å². The Bertz CT molecular complexity index is 1040. The molecule has 0 bridgehead atoms. The highest BCUT2D eigenvalue weighted by Crippen LogP contribution is 2.36. The Kier molecular flexibility index (Phi) is 5.48. The van der Waals surface area contributed by atoms with Gasteiger partial charge in [-0.2, -0.15) is 0 Å². The molecule has 0 saturated carbocycles. The largest absolute Gasteiger partial charge is 0.481 e. The van der Waals surface area contributed by atoms with Crippen LogP contribution in [0.2, 0.25) is 0 Å². The molecule has 0 unspecified atom stereocenters. The fourth-order valence-electron chi connectivity index (χ4n) is 2.80. The predicted molar refractivity (Wildman–Crippen MR) is 107 cm³/mol. The number of hydrogen-bond acceptors (Lipinski definition) is 5. The zero-order chi connectivity index (χ0) is 18.8. The highest BCUT2D eigenvalue weighted by atomic mass is 32.2. The normalized spacial score (nSPS) is 11.2. The Labute approximate surface area is 159 Å². The van der Waals surface area contributed by atoms with Crippen molar-refractivity contribution in [2.45, 2.75) is 38.8 Å². The fraction of sp³-hybridized carbons (Fsp3) is 0.316. The van der Waals surface area contributed by atoms with Gasteiger partial charge in [-0.3, -0.25) is 9.59 Å². The number of benzene rings is 1. The number of carboxylic acid groups (broad SMARTS) is 1. The second-order valence-electron chi connectivity index (χ2n) is 6.23. The van der Waals surface area contributed by atoms with Crippen LogP contribution in [0.25, 0.3) is 21.3 Å². The standard InChI is InChI=1S/C19H20N2O3S2/c1-10-6-7-13(9-11(10)2)15-12(3)26-18-16(15)17(24)20-19(21-18)25-8-4-5-14(22)23/h6-7,9H,4-5,8H2,1-3H3,(H,22,23)(H,20,21,24). The molecule has 1 aromatic carbocycles. The first-order valence-corrected chi connectivity index (χ1v) is 10.1. The Balaban J connectivity index is 1.97. The minimum Gasteiger partial charge on any atom is -0.481 e. The molecule has 0 aliphatic carbocycles. The minimum absolute atomic E-state index is 0.120. The van der Waals surface area contributed by atoms with Gasteiger partial charge in [0.15, 0.2) is 5.16 Å². The Morgan fingerprint density at radius 1 is 1.27 bits per heavy atom. The Morgan fingerprint density at radius 3 is 2.73 bits per heavy atom. The molecule has 0 atom stereocenters. The SMILES string of the molecule is Cc1ccc(-c2c(C)sc3nc(SCCCC(=O)O)[nH]c(=O)c23)cc1C. The van der Waals surface area contributed by atoms with Gasteiger partial charge in [-0.15, -0.1) is 11.3 Å². The van der Waals surface area contributed by atoms with Crippen LogP contribution in [-0.4, -0.2) is 26.8 Å². The Hall–Kier alpha value is -2.12. The van der Waals surface area contributed by atoms with E-state index in [9.17, 15) is 9.59 Å². The molecule has 5 nitrogen and oxygen atoms in total. The van der Waals surface area contributed by atoms with Crippen molar-refractivity contribution in [2.24, 2.45) is 0 Å². The maximum Gasteiger partial charge on any atom is 0.303 e. The highest BCUT2D eigenvalue weighted by molar-refractivity contribution is 7.99. The summed E-state index contributed by atoms with van der Waals surface area (Å²) in [6, 6.07) is 6.23. The summed E-state index contributed by atoms with van der Waals surface area (Å²) in [6.45, 7) is 6.15. The van der Waals surface area contributed by atoms with Crippen molar-refractivity contribution in [2.75, 3.05) is 5.75 Å². The van der Waals surface area contributed by atoms with Crippen molar-refractivity contribution in [1.82, 2.24) is 9.97 Å². The lowest BCUT2D eigenvalue weighted by molar-refractivity contribution is -0.137. The molecule has 136 valence electrons. The highest BCUT2D eigenvalue weighted by Gasteiger charge is 2.17. The number of hydrogen-bond donors (Lipinski definition) is 2. The molecule has 0 radical (unpaired) electrons. The van der Waals surface area contributed by atoms with Crippen LogP contribution >= 0.6 is 23.1 Å². The number of nitrogens with zero attached hydrogens (tertiary/aromatic N) is 1. The monoisotopic (exact) mass is 388 g/mol. The molecule has 7 heteroatoms. The molecule has 0 spiro atoms. The predicted octanol–water partition coefficient (Wildman–Crippen LogP) is 4.53. The number of thioether (sulfide) groups is 1. The van der Waals surface area contributed by atoms with Gasteiger partial charge in [-0.05, 0) is 43.9 Å². The summed E-state index contributed by atoms with van der Waals surface area (Å²) in [4.78, 5) is 32.5. The number of aryl methyl sites for hydroxylation is 3. The average Bonchev–Trinajstić information content (AvgIpc) is 2.90. The first-order valence-electron chi connectivity index (χ1n) is 8.32. The van der Waals surface area contributed by atoms with Gasteiger partial charge < -0.3 is 10.1 Å². The van der Waals surface area contributed by atoms with Crippen molar-refractivity contribution in [3.63, 3.8) is 0 Å². The first kappa shape index (κ1) is 18.7. The van der Waals surface area contributed by atoms with Gasteiger partial charge in [0.05, 0.1) is 5.39 Å². The number of nitrogens with one attached hydrogen (secondary N) is 1. The second kappa shape index (κ2) is 7.63. The number of fused-ring (bicyclic) bond motifs is 1. The molecule has 0 fully saturated rings. The molecule has 2 N–H and O–H groups in total. The van der Waals surface area contributed by atoms with Crippen molar-refractivity contribution < 1.29 is 9.90 Å². The van der Waals surface area contributed by atoms with Crippen LogP contribution in [0.5, 0.6) is 0 Å². The van der Waals surface area contributed by atoms with Crippen LogP contribution in [0, 0.1) is 20.8 Å². The number of aromatic nitrogens is 2. The first-order chi connectivity index (χ1) is 12.4. The third kappa shape index (κ3) is 3.83. The summed E-state index contributed by atoms with van der Waals surface area (Å²) in [6.07, 6.45) is 0.660. The molecule has 0 saturated heterocycles. The molecule has 0 aliphatic heterocycles. The zero-order valence-corrected chi connectivity index (χ0v) is 16.5. The van der Waals surface area contributed by atoms with E-state index in [1.807, 2.05) is 13.0 Å². The van der Waals surface area contributed by atoms with Gasteiger partial charge in [-0.1, -0.05) is 30.0 Å². The zero-order valence-electron chi connectivity index (χ0n) is 14.9. The molecule has 2 aromatic heterocycles. The number of carboxylic acids is 1. The molecule has 0 amide bonds. The van der Waals surface area contributed by atoms with E-state index < -0.39 is 5.97 Å². The summed E-state index contributed by atoms with van der Waals surface area (Å²) in [7, 11) is 0. The van der Waals surface area contributed by atoms with E-state index in [4.69, 9.17) is 5.11 Å². The van der Waals surface area contributed by atoms with Gasteiger partial charge in [0.25, 0.3) is 5.56 Å². The van der Waals surface area contributed by atoms with E-state index in [0.717, 1.165) is 20.8 Å². The smallest absolute Gasteiger partial charge is 0.303 e. The summed E-state index contributed by atoms with van der Waals surface area (Å²) in [5.74, 6) is -0.204. The quantitative estimate of drug-likeness (QED) is 0.368. The summed E-state index contributed by atoms with van der Waals surface area (Å²) < 4.78 is 0. The molecular weight excluding hydrogens is 368 g/mol. The van der Waals surface area contributed by atoms with Crippen LogP contribution in [-0.2, 0) is 4.79 Å². The molecule has 26 heavy (non-hydrogen) atoms. The fourth-order valence-corrected chi connectivity index (χ4v) is 4.71. The van der Waals surface area contributed by atoms with Crippen molar-refractivity contribution in [3.05, 3.63) is 44.6 Å². The van der Waals surface area contributed by atoms with E-state index in [0.29, 0.717) is 22.7 Å². The van der Waals surface area contributed by atoms with Crippen LogP contribution in [0.15, 0.2) is 28.2 Å². The molecular formula is C19H20N2O3S2. The van der Waals surface area contributed by atoms with Gasteiger partial charge in [-0.25, -0.2) is 4.98 Å². The second-order valence-corrected chi connectivity index (χ2v) is 8.52. The summed E-state index contributed by atoms with van der Waals surface area (Å²) in [5, 5.41) is 9.87. The van der Waals surface area contributed by atoms with Crippen molar-refractivity contribution in [3.8, 4) is 11.1 Å². The van der Waals surface area contributed by atoms with E-state index in [2.05, 4.69) is 35.9 Å². The van der Waals surface area contributed by atoms with Crippen LogP contribution < -0.4 is 5.56 Å². The van der Waals surface area contributed by atoms with E-state index in [1.54, 1.807) is 0 Å².